The van der Waals surface area contributed by atoms with E-state index in [4.69, 9.17) is 9.47 Å². The van der Waals surface area contributed by atoms with E-state index in [0.717, 1.165) is 0 Å². The molecule has 30 heavy (non-hydrogen) atoms. The van der Waals surface area contributed by atoms with Crippen molar-refractivity contribution in [2.45, 2.75) is 6.42 Å². The fourth-order valence-corrected chi connectivity index (χ4v) is 2.68. The third-order valence-electron chi connectivity index (χ3n) is 4.21. The minimum atomic E-state index is -0.927. The molecular weight excluding hydrogens is 396 g/mol. The van der Waals surface area contributed by atoms with Crippen LogP contribution in [0.3, 0.4) is 0 Å². The number of aromatic nitrogens is 2. The van der Waals surface area contributed by atoms with E-state index in [0.29, 0.717) is 17.2 Å². The van der Waals surface area contributed by atoms with E-state index in [1.807, 2.05) is 0 Å². The van der Waals surface area contributed by atoms with Gasteiger partial charge in [-0.05, 0) is 18.2 Å². The first-order valence-electron chi connectivity index (χ1n) is 8.58. The Kier molecular flexibility index (Phi) is 5.72. The Morgan fingerprint density at radius 2 is 1.93 bits per heavy atom. The van der Waals surface area contributed by atoms with Crippen LogP contribution < -0.4 is 25.0 Å². The second-order valence-corrected chi connectivity index (χ2v) is 6.11. The molecule has 0 saturated carbocycles. The van der Waals surface area contributed by atoms with Crippen LogP contribution in [0.5, 0.6) is 17.4 Å². The summed E-state index contributed by atoms with van der Waals surface area (Å²) in [5.41, 5.74) is 0.702. The van der Waals surface area contributed by atoms with Crippen LogP contribution in [0, 0.1) is 10.4 Å². The first-order chi connectivity index (χ1) is 14.3. The zero-order chi connectivity index (χ0) is 21.8. The summed E-state index contributed by atoms with van der Waals surface area (Å²) >= 11 is 0. The van der Waals surface area contributed by atoms with Crippen molar-refractivity contribution in [2.75, 3.05) is 19.5 Å². The summed E-state index contributed by atoms with van der Waals surface area (Å²) in [5, 5.41) is 34.1. The quantitative estimate of drug-likeness (QED) is 0.394. The second kappa shape index (κ2) is 8.39. The molecule has 1 heterocycles. The number of fused-ring (bicyclic) bond motifs is 1. The van der Waals surface area contributed by atoms with Crippen molar-refractivity contribution in [1.29, 1.82) is 0 Å². The summed E-state index contributed by atoms with van der Waals surface area (Å²) in [6.45, 7) is 0. The number of hydrogen-bond acceptors (Lipinski definition) is 8. The first-order valence-corrected chi connectivity index (χ1v) is 8.58. The molecule has 1 aromatic carbocycles. The number of carbonyl (C=O) groups excluding carboxylic acids is 2. The zero-order valence-corrected chi connectivity index (χ0v) is 16.0. The van der Waals surface area contributed by atoms with Crippen molar-refractivity contribution in [2.24, 2.45) is 0 Å². The summed E-state index contributed by atoms with van der Waals surface area (Å²) in [6.07, 6.45) is -0.487. The molecule has 0 atom stereocenters. The lowest BCUT2D eigenvalue weighted by atomic mass is 10.1. The first kappa shape index (κ1) is 20.5. The smallest absolute Gasteiger partial charge is 0.292 e. The molecule has 0 bridgehead atoms. The lowest BCUT2D eigenvalue weighted by Crippen LogP contribution is -2.25. The van der Waals surface area contributed by atoms with Crippen molar-refractivity contribution in [3.63, 3.8) is 0 Å². The van der Waals surface area contributed by atoms with Gasteiger partial charge in [-0.15, -0.1) is 0 Å². The standard InChI is InChI=1S/C19H17N4O7/c1-29-11-4-6-13(17(8-11)30-2)21-19(26)16(24)9-15-18(25)22-14-7-10(23(27)28)3-5-12(14)20-15/h3-8H,9H2,1-2H3,(H3-,20,21,22,24,25,26,27,28)/q-1. The van der Waals surface area contributed by atoms with Crippen LogP contribution in [0.15, 0.2) is 36.4 Å². The van der Waals surface area contributed by atoms with Gasteiger partial charge in [-0.2, -0.15) is 4.90 Å². The molecule has 3 rings (SSSR count). The summed E-state index contributed by atoms with van der Waals surface area (Å²) in [4.78, 5) is 30.7. The number of H-pyrrole nitrogens is 1. The van der Waals surface area contributed by atoms with E-state index in [1.165, 1.54) is 38.5 Å². The molecule has 0 unspecified atom stereocenters. The number of aromatic amines is 1. The zero-order valence-electron chi connectivity index (χ0n) is 16.0. The largest absolute Gasteiger partial charge is 0.612 e. The molecule has 1 aromatic rings. The molecule has 11 heteroatoms. The van der Waals surface area contributed by atoms with Gasteiger partial charge in [-0.3, -0.25) is 9.59 Å². The monoisotopic (exact) mass is 413 g/mol. The van der Waals surface area contributed by atoms with Crippen molar-refractivity contribution in [3.8, 4) is 28.8 Å². The fourth-order valence-electron chi connectivity index (χ4n) is 2.68. The number of ether oxygens (including phenoxy) is 2. The number of aromatic hydroxyl groups is 1. The SMILES string of the molecule is COc1ccc(NC(=O)C(=O)Cc2nc3ccc(=[N+]([O-])[O-])cc-3[nH]c2O)c(OC)c1. The number of ketones is 1. The number of benzene rings is 2. The number of rotatable bonds is 6. The van der Waals surface area contributed by atoms with Gasteiger partial charge < -0.3 is 35.3 Å². The highest BCUT2D eigenvalue weighted by atomic mass is 16.8. The Hall–Kier alpha value is -4.28. The third-order valence-corrected chi connectivity index (χ3v) is 4.21. The lowest BCUT2D eigenvalue weighted by molar-refractivity contribution is -0.134. The molecule has 1 aliphatic heterocycles. The highest BCUT2D eigenvalue weighted by Crippen LogP contribution is 2.29. The van der Waals surface area contributed by atoms with Gasteiger partial charge in [0.05, 0.1) is 37.7 Å². The minimum absolute atomic E-state index is 0.0711. The average molecular weight is 413 g/mol. The predicted molar refractivity (Wildman–Crippen MR) is 106 cm³/mol. The predicted octanol–water partition coefficient (Wildman–Crippen LogP) is 0.755. The number of nitrogens with one attached hydrogen (secondary N) is 2. The van der Waals surface area contributed by atoms with E-state index >= 15 is 0 Å². The maximum atomic E-state index is 12.3. The molecule has 3 N–H and O–H groups in total. The molecule has 0 spiro atoms. The molecule has 1 aliphatic carbocycles. The third kappa shape index (κ3) is 4.24. The van der Waals surface area contributed by atoms with E-state index in [1.54, 1.807) is 12.1 Å². The highest BCUT2D eigenvalue weighted by molar-refractivity contribution is 6.41. The van der Waals surface area contributed by atoms with Crippen molar-refractivity contribution >= 4 is 17.4 Å². The minimum Gasteiger partial charge on any atom is -0.612 e. The van der Waals surface area contributed by atoms with Crippen LogP contribution in [-0.4, -0.2) is 41.0 Å². The van der Waals surface area contributed by atoms with Gasteiger partial charge in [0.1, 0.15) is 17.2 Å². The van der Waals surface area contributed by atoms with Crippen molar-refractivity contribution in [1.82, 2.24) is 14.9 Å². The molecular formula is C19H17N4O7-. The van der Waals surface area contributed by atoms with Crippen LogP contribution >= 0.6 is 0 Å². The Morgan fingerprint density at radius 3 is 2.60 bits per heavy atom. The molecule has 0 saturated heterocycles. The number of methoxy groups -OCH3 is 2. The van der Waals surface area contributed by atoms with Gasteiger partial charge in [-0.25, -0.2) is 4.98 Å². The maximum Gasteiger partial charge on any atom is 0.292 e. The Bertz CT molecular complexity index is 1150. The summed E-state index contributed by atoms with van der Waals surface area (Å²) in [5.74, 6) is -1.44. The number of amides is 1. The molecule has 0 fully saturated rings. The highest BCUT2D eigenvalue weighted by Gasteiger charge is 2.21. The van der Waals surface area contributed by atoms with Gasteiger partial charge in [0.15, 0.2) is 0 Å². The van der Waals surface area contributed by atoms with Crippen LogP contribution in [0.2, 0.25) is 0 Å². The summed E-state index contributed by atoms with van der Waals surface area (Å²) < 4.78 is 10.2. The normalized spacial score (nSPS) is 10.5. The second-order valence-electron chi connectivity index (χ2n) is 6.11. The van der Waals surface area contributed by atoms with Gasteiger partial charge >= 0.3 is 0 Å². The molecule has 1 amide bonds. The molecule has 0 aromatic heterocycles. The number of anilines is 1. The van der Waals surface area contributed by atoms with Crippen LogP contribution in [-0.2, 0) is 16.0 Å². The summed E-state index contributed by atoms with van der Waals surface area (Å²) in [6, 6.07) is 8.48. The van der Waals surface area contributed by atoms with Crippen LogP contribution in [0.4, 0.5) is 5.69 Å². The van der Waals surface area contributed by atoms with Gasteiger partial charge in [0.2, 0.25) is 17.0 Å². The van der Waals surface area contributed by atoms with E-state index in [-0.39, 0.29) is 22.4 Å². The number of carbonyl (C=O) groups is 2. The van der Waals surface area contributed by atoms with E-state index in [9.17, 15) is 25.1 Å². The van der Waals surface area contributed by atoms with E-state index in [2.05, 4.69) is 15.3 Å². The van der Waals surface area contributed by atoms with E-state index < -0.39 is 28.9 Å². The maximum absolute atomic E-state index is 12.3. The van der Waals surface area contributed by atoms with Gasteiger partial charge in [0.25, 0.3) is 5.91 Å². The summed E-state index contributed by atoms with van der Waals surface area (Å²) in [7, 11) is 2.89. The molecule has 0 radical (unpaired) electrons. The lowest BCUT2D eigenvalue weighted by Gasteiger charge is -2.12. The Morgan fingerprint density at radius 1 is 1.17 bits per heavy atom. The van der Waals surface area contributed by atoms with Crippen molar-refractivity contribution in [3.05, 3.63) is 57.9 Å². The Balaban J connectivity index is 1.80. The molecule has 2 aliphatic rings. The Labute approximate surface area is 169 Å². The number of hydrogen-bond donors (Lipinski definition) is 3. The average Bonchev–Trinajstić information content (AvgIpc) is 2.73. The molecule has 11 nitrogen and oxygen atoms in total. The van der Waals surface area contributed by atoms with Gasteiger partial charge in [-0.1, -0.05) is 0 Å². The van der Waals surface area contributed by atoms with Crippen molar-refractivity contribution < 1.29 is 24.2 Å². The number of nitrogens with zero attached hydrogens (tertiary/aromatic N) is 2. The fraction of sp³-hybridized carbons (Fsp3) is 0.158. The molecule has 156 valence electrons. The topological polar surface area (TPSA) is 163 Å². The number of Topliss-reactive ketones (excluding diaryl/α,β-unsaturated/α-hetero) is 1. The van der Waals surface area contributed by atoms with Crippen LogP contribution in [0.1, 0.15) is 5.69 Å². The van der Waals surface area contributed by atoms with Gasteiger partial charge in [0, 0.05) is 18.2 Å². The van der Waals surface area contributed by atoms with Crippen LogP contribution in [0.25, 0.3) is 11.4 Å².